The van der Waals surface area contributed by atoms with Crippen molar-refractivity contribution in [2.75, 3.05) is 0 Å². The summed E-state index contributed by atoms with van der Waals surface area (Å²) in [5.41, 5.74) is 3.94. The van der Waals surface area contributed by atoms with Crippen LogP contribution < -0.4 is 0 Å². The molecule has 21 heavy (non-hydrogen) atoms. The quantitative estimate of drug-likeness (QED) is 0.534. The monoisotopic (exact) mass is 282 g/mol. The molecule has 0 aliphatic rings. The summed E-state index contributed by atoms with van der Waals surface area (Å²) in [5, 5.41) is 16.5. The van der Waals surface area contributed by atoms with Gasteiger partial charge in [-0.25, -0.2) is 0 Å². The predicted molar refractivity (Wildman–Crippen MR) is 80.1 cm³/mol. The molecule has 0 bridgehead atoms. The Morgan fingerprint density at radius 1 is 1.24 bits per heavy atom. The van der Waals surface area contributed by atoms with Crippen LogP contribution in [0.4, 0.5) is 5.69 Å². The Kier molecular flexibility index (Phi) is 2.94. The summed E-state index contributed by atoms with van der Waals surface area (Å²) in [5.74, 6) is 0. The van der Waals surface area contributed by atoms with Crippen LogP contribution in [-0.2, 0) is 7.05 Å². The topological polar surface area (TPSA) is 73.8 Å². The predicted octanol–water partition coefficient (Wildman–Crippen LogP) is 3.16. The first kappa shape index (κ1) is 13.2. The molecule has 1 aromatic carbocycles. The summed E-state index contributed by atoms with van der Waals surface area (Å²) >= 11 is 0. The van der Waals surface area contributed by atoms with Crippen molar-refractivity contribution in [3.05, 3.63) is 52.0 Å². The first-order valence-electron chi connectivity index (χ1n) is 6.52. The molecule has 0 spiro atoms. The fourth-order valence-electron chi connectivity index (χ4n) is 2.56. The van der Waals surface area contributed by atoms with Crippen molar-refractivity contribution in [2.24, 2.45) is 7.05 Å². The molecule has 106 valence electrons. The standard InChI is InChI=1S/C15H14N4O2/c1-9-6-11(4-5-16-9)13-8-14-12(7-15(13)19(20)21)10(2)17-18(14)3/h4-8H,1-3H3. The van der Waals surface area contributed by atoms with Gasteiger partial charge in [-0.2, -0.15) is 5.10 Å². The fourth-order valence-corrected chi connectivity index (χ4v) is 2.56. The summed E-state index contributed by atoms with van der Waals surface area (Å²) in [6.07, 6.45) is 1.66. The van der Waals surface area contributed by atoms with Crippen LogP contribution in [0, 0.1) is 24.0 Å². The van der Waals surface area contributed by atoms with Gasteiger partial charge in [0.1, 0.15) is 0 Å². The molecule has 3 aromatic rings. The average molecular weight is 282 g/mol. The van der Waals surface area contributed by atoms with Gasteiger partial charge in [0.05, 0.1) is 21.7 Å². The first-order chi connectivity index (χ1) is 9.97. The Balaban J connectivity index is 2.37. The van der Waals surface area contributed by atoms with E-state index < -0.39 is 0 Å². The number of hydrogen-bond acceptors (Lipinski definition) is 4. The Hall–Kier alpha value is -2.76. The second-order valence-corrected chi connectivity index (χ2v) is 5.04. The first-order valence-corrected chi connectivity index (χ1v) is 6.52. The highest BCUT2D eigenvalue weighted by Gasteiger charge is 2.19. The number of nitrogens with zero attached hydrogens (tertiary/aromatic N) is 4. The fraction of sp³-hybridized carbons (Fsp3) is 0.200. The van der Waals surface area contributed by atoms with E-state index in [2.05, 4.69) is 10.1 Å². The average Bonchev–Trinajstić information content (AvgIpc) is 2.72. The zero-order chi connectivity index (χ0) is 15.1. The van der Waals surface area contributed by atoms with E-state index in [0.29, 0.717) is 5.56 Å². The smallest absolute Gasteiger partial charge is 0.268 e. The summed E-state index contributed by atoms with van der Waals surface area (Å²) in [6, 6.07) is 7.05. The maximum atomic E-state index is 11.4. The number of pyridine rings is 1. The van der Waals surface area contributed by atoms with Gasteiger partial charge in [0, 0.05) is 30.4 Å². The van der Waals surface area contributed by atoms with Crippen LogP contribution in [0.25, 0.3) is 22.0 Å². The molecule has 0 saturated carbocycles. The molecule has 3 rings (SSSR count). The lowest BCUT2D eigenvalue weighted by Gasteiger charge is -2.05. The Bertz CT molecular complexity index is 867. The molecule has 0 aliphatic heterocycles. The summed E-state index contributed by atoms with van der Waals surface area (Å²) < 4.78 is 1.74. The molecule has 0 fully saturated rings. The van der Waals surface area contributed by atoms with Crippen molar-refractivity contribution < 1.29 is 4.92 Å². The molecule has 6 heteroatoms. The van der Waals surface area contributed by atoms with Crippen LogP contribution in [0.3, 0.4) is 0 Å². The molecule has 2 heterocycles. The molecule has 0 saturated heterocycles. The number of benzene rings is 1. The van der Waals surface area contributed by atoms with E-state index in [1.807, 2.05) is 33.0 Å². The minimum atomic E-state index is -0.350. The van der Waals surface area contributed by atoms with E-state index in [4.69, 9.17) is 0 Å². The highest BCUT2D eigenvalue weighted by molar-refractivity contribution is 5.91. The molecule has 6 nitrogen and oxygen atoms in total. The van der Waals surface area contributed by atoms with E-state index in [1.165, 1.54) is 0 Å². The Morgan fingerprint density at radius 3 is 2.67 bits per heavy atom. The number of nitro benzene ring substituents is 1. The number of rotatable bonds is 2. The van der Waals surface area contributed by atoms with E-state index in [-0.39, 0.29) is 10.6 Å². The normalized spacial score (nSPS) is 11.0. The molecule has 0 N–H and O–H groups in total. The molecule has 0 radical (unpaired) electrons. The molecule has 0 aliphatic carbocycles. The molecular weight excluding hydrogens is 268 g/mol. The highest BCUT2D eigenvalue weighted by Crippen LogP contribution is 2.34. The summed E-state index contributed by atoms with van der Waals surface area (Å²) in [7, 11) is 1.84. The second-order valence-electron chi connectivity index (χ2n) is 5.04. The van der Waals surface area contributed by atoms with E-state index >= 15 is 0 Å². The third kappa shape index (κ3) is 2.14. The van der Waals surface area contributed by atoms with Gasteiger partial charge in [-0.3, -0.25) is 19.8 Å². The number of hydrogen-bond donors (Lipinski definition) is 0. The molecule has 0 amide bonds. The maximum Gasteiger partial charge on any atom is 0.278 e. The van der Waals surface area contributed by atoms with Gasteiger partial charge in [0.15, 0.2) is 0 Å². The van der Waals surface area contributed by atoms with Gasteiger partial charge in [0.2, 0.25) is 0 Å². The number of aromatic nitrogens is 3. The minimum absolute atomic E-state index is 0.0872. The lowest BCUT2D eigenvalue weighted by atomic mass is 10.0. The zero-order valence-corrected chi connectivity index (χ0v) is 12.0. The van der Waals surface area contributed by atoms with E-state index in [1.54, 1.807) is 23.0 Å². The lowest BCUT2D eigenvalue weighted by Crippen LogP contribution is -1.95. The molecule has 0 unspecified atom stereocenters. The zero-order valence-electron chi connectivity index (χ0n) is 12.0. The third-order valence-electron chi connectivity index (χ3n) is 3.56. The number of fused-ring (bicyclic) bond motifs is 1. The van der Waals surface area contributed by atoms with Gasteiger partial charge in [-0.05, 0) is 37.6 Å². The summed E-state index contributed by atoms with van der Waals surface area (Å²) in [4.78, 5) is 15.2. The van der Waals surface area contributed by atoms with Crippen molar-refractivity contribution in [3.63, 3.8) is 0 Å². The molecular formula is C15H14N4O2. The van der Waals surface area contributed by atoms with Crippen LogP contribution >= 0.6 is 0 Å². The third-order valence-corrected chi connectivity index (χ3v) is 3.56. The van der Waals surface area contributed by atoms with E-state index in [9.17, 15) is 10.1 Å². The van der Waals surface area contributed by atoms with Crippen LogP contribution in [0.5, 0.6) is 0 Å². The van der Waals surface area contributed by atoms with Crippen LogP contribution in [0.15, 0.2) is 30.5 Å². The molecule has 0 atom stereocenters. The number of aryl methyl sites for hydroxylation is 3. The number of nitro groups is 1. The minimum Gasteiger partial charge on any atom is -0.268 e. The summed E-state index contributed by atoms with van der Waals surface area (Å²) in [6.45, 7) is 3.71. The van der Waals surface area contributed by atoms with Crippen LogP contribution in [0.2, 0.25) is 0 Å². The Morgan fingerprint density at radius 2 is 2.00 bits per heavy atom. The van der Waals surface area contributed by atoms with Crippen LogP contribution in [0.1, 0.15) is 11.4 Å². The van der Waals surface area contributed by atoms with E-state index in [0.717, 1.165) is 27.9 Å². The Labute approximate surface area is 121 Å². The van der Waals surface area contributed by atoms with Crippen molar-refractivity contribution in [3.8, 4) is 11.1 Å². The molecule has 2 aromatic heterocycles. The SMILES string of the molecule is Cc1cc(-c2cc3c(cc2[N+](=O)[O-])c(C)nn3C)ccn1. The second kappa shape index (κ2) is 4.66. The van der Waals surface area contributed by atoms with Crippen molar-refractivity contribution >= 4 is 16.6 Å². The van der Waals surface area contributed by atoms with Crippen molar-refractivity contribution in [1.29, 1.82) is 0 Å². The van der Waals surface area contributed by atoms with Gasteiger partial charge >= 0.3 is 0 Å². The van der Waals surface area contributed by atoms with Crippen molar-refractivity contribution in [2.45, 2.75) is 13.8 Å². The van der Waals surface area contributed by atoms with Crippen molar-refractivity contribution in [1.82, 2.24) is 14.8 Å². The van der Waals surface area contributed by atoms with Gasteiger partial charge in [-0.1, -0.05) is 0 Å². The maximum absolute atomic E-state index is 11.4. The van der Waals surface area contributed by atoms with Crippen LogP contribution in [-0.4, -0.2) is 19.7 Å². The van der Waals surface area contributed by atoms with Gasteiger partial charge < -0.3 is 0 Å². The lowest BCUT2D eigenvalue weighted by molar-refractivity contribution is -0.384. The van der Waals surface area contributed by atoms with Gasteiger partial charge in [0.25, 0.3) is 5.69 Å². The van der Waals surface area contributed by atoms with Gasteiger partial charge in [-0.15, -0.1) is 0 Å². The highest BCUT2D eigenvalue weighted by atomic mass is 16.6. The largest absolute Gasteiger partial charge is 0.278 e.